The van der Waals surface area contributed by atoms with Crippen LogP contribution >= 0.6 is 0 Å². The van der Waals surface area contributed by atoms with Crippen LogP contribution in [0.15, 0.2) is 48.8 Å². The van der Waals surface area contributed by atoms with E-state index in [0.29, 0.717) is 61.8 Å². The Hall–Kier alpha value is -4.07. The van der Waals surface area contributed by atoms with Gasteiger partial charge >= 0.3 is 18.4 Å². The van der Waals surface area contributed by atoms with Crippen LogP contribution in [0.25, 0.3) is 0 Å². The highest BCUT2D eigenvalue weighted by Gasteiger charge is 2.37. The molecule has 0 atom stereocenters. The fourth-order valence-corrected chi connectivity index (χ4v) is 5.05. The lowest BCUT2D eigenvalue weighted by Gasteiger charge is -2.29. The predicted molar refractivity (Wildman–Crippen MR) is 137 cm³/mol. The van der Waals surface area contributed by atoms with Gasteiger partial charge in [-0.15, -0.1) is 0 Å². The van der Waals surface area contributed by atoms with Gasteiger partial charge in [0, 0.05) is 32.7 Å². The molecule has 1 amide bonds. The first-order chi connectivity index (χ1) is 19.4. The molecule has 3 heterocycles. The zero-order valence-corrected chi connectivity index (χ0v) is 21.5. The van der Waals surface area contributed by atoms with E-state index in [2.05, 4.69) is 9.97 Å². The molecular formula is C27H25F6N5O3. The maximum absolute atomic E-state index is 13.6. The van der Waals surface area contributed by atoms with Crippen LogP contribution in [0, 0.1) is 0 Å². The van der Waals surface area contributed by atoms with Crippen molar-refractivity contribution in [3.8, 4) is 0 Å². The molecule has 1 fully saturated rings. The van der Waals surface area contributed by atoms with Crippen LogP contribution in [-0.2, 0) is 36.6 Å². The van der Waals surface area contributed by atoms with Gasteiger partial charge in [-0.2, -0.15) is 26.3 Å². The molecule has 1 N–H and O–H groups in total. The van der Waals surface area contributed by atoms with Crippen LogP contribution in [0.1, 0.15) is 27.8 Å². The third-order valence-electron chi connectivity index (χ3n) is 6.97. The number of nitrogens with zero attached hydrogens (tertiary/aromatic N) is 5. The lowest BCUT2D eigenvalue weighted by atomic mass is 10.0. The number of amides is 1. The van der Waals surface area contributed by atoms with E-state index in [0.717, 1.165) is 5.56 Å². The highest BCUT2D eigenvalue weighted by molar-refractivity contribution is 5.90. The van der Waals surface area contributed by atoms with E-state index in [1.165, 1.54) is 22.2 Å². The lowest BCUT2D eigenvalue weighted by Crippen LogP contribution is -2.36. The number of carbonyl (C=O) groups is 1. The standard InChI is InChI=1S/C27H25F6N5O3/c28-26(29,30)20-10-17(11-21(12-20)27(31,32)33)15-37(24-34-13-22(14-35-24)36-6-8-41-9-7-36)16-19-3-1-2-18-4-5-38(23(18)19)25(39)40/h1-3,10-14H,4-9,15-16H2,(H,39,40). The molecule has 0 radical (unpaired) electrons. The number of halogens is 6. The van der Waals surface area contributed by atoms with Crippen LogP contribution in [0.2, 0.25) is 0 Å². The Balaban J connectivity index is 1.54. The summed E-state index contributed by atoms with van der Waals surface area (Å²) in [5.74, 6) is 0.0606. The molecule has 2 aliphatic rings. The molecular weight excluding hydrogens is 556 g/mol. The van der Waals surface area contributed by atoms with E-state index in [-0.39, 0.29) is 30.7 Å². The zero-order chi connectivity index (χ0) is 29.4. The predicted octanol–water partition coefficient (Wildman–Crippen LogP) is 5.60. The summed E-state index contributed by atoms with van der Waals surface area (Å²) in [5.41, 5.74) is -0.691. The number of fused-ring (bicyclic) bond motifs is 1. The summed E-state index contributed by atoms with van der Waals surface area (Å²) < 4.78 is 86.7. The number of morpholine rings is 1. The minimum absolute atomic E-state index is 0.0606. The molecule has 2 aliphatic heterocycles. The Morgan fingerprint density at radius 2 is 1.56 bits per heavy atom. The number of para-hydroxylation sites is 1. The molecule has 0 bridgehead atoms. The average Bonchev–Trinajstić information content (AvgIpc) is 3.38. The quantitative estimate of drug-likeness (QED) is 0.380. The van der Waals surface area contributed by atoms with Gasteiger partial charge in [0.2, 0.25) is 5.95 Å². The Kier molecular flexibility index (Phi) is 7.68. The lowest BCUT2D eigenvalue weighted by molar-refractivity contribution is -0.143. The molecule has 3 aromatic rings. The molecule has 218 valence electrons. The number of carboxylic acid groups (broad SMARTS) is 1. The Morgan fingerprint density at radius 3 is 2.15 bits per heavy atom. The van der Waals surface area contributed by atoms with Gasteiger partial charge in [-0.25, -0.2) is 14.8 Å². The Morgan fingerprint density at radius 1 is 0.927 bits per heavy atom. The number of benzene rings is 2. The van der Waals surface area contributed by atoms with Gasteiger partial charge in [-0.1, -0.05) is 18.2 Å². The molecule has 0 unspecified atom stereocenters. The van der Waals surface area contributed by atoms with Crippen LogP contribution in [0.5, 0.6) is 0 Å². The monoisotopic (exact) mass is 581 g/mol. The van der Waals surface area contributed by atoms with E-state index in [1.807, 2.05) is 4.90 Å². The summed E-state index contributed by atoms with van der Waals surface area (Å²) in [4.78, 5) is 25.3. The molecule has 8 nitrogen and oxygen atoms in total. The van der Waals surface area contributed by atoms with Crippen molar-refractivity contribution in [3.63, 3.8) is 0 Å². The first-order valence-electron chi connectivity index (χ1n) is 12.7. The van der Waals surface area contributed by atoms with Crippen LogP contribution in [0.4, 0.5) is 48.5 Å². The van der Waals surface area contributed by atoms with E-state index >= 15 is 0 Å². The third kappa shape index (κ3) is 6.32. The Bertz CT molecular complexity index is 1380. The normalized spacial score (nSPS) is 15.7. The minimum Gasteiger partial charge on any atom is -0.465 e. The molecule has 1 aromatic heterocycles. The number of hydrogen-bond donors (Lipinski definition) is 1. The fourth-order valence-electron chi connectivity index (χ4n) is 5.05. The van der Waals surface area contributed by atoms with Crippen molar-refractivity contribution in [1.82, 2.24) is 9.97 Å². The molecule has 2 aromatic carbocycles. The van der Waals surface area contributed by atoms with E-state index in [9.17, 15) is 36.2 Å². The van der Waals surface area contributed by atoms with Crippen molar-refractivity contribution in [1.29, 1.82) is 0 Å². The van der Waals surface area contributed by atoms with Gasteiger partial charge in [-0.05, 0) is 41.3 Å². The van der Waals surface area contributed by atoms with Gasteiger partial charge in [0.1, 0.15) is 0 Å². The summed E-state index contributed by atoms with van der Waals surface area (Å²) in [6.45, 7) is 2.02. The maximum Gasteiger partial charge on any atom is 0.416 e. The van der Waals surface area contributed by atoms with Crippen molar-refractivity contribution in [2.75, 3.05) is 47.5 Å². The van der Waals surface area contributed by atoms with Crippen LogP contribution in [-0.4, -0.2) is 54.0 Å². The molecule has 41 heavy (non-hydrogen) atoms. The second kappa shape index (κ2) is 11.1. The number of alkyl halides is 6. The molecule has 0 aliphatic carbocycles. The number of ether oxygens (including phenoxy) is 1. The fraction of sp³-hybridized carbons (Fsp3) is 0.370. The van der Waals surface area contributed by atoms with Gasteiger partial charge in [0.05, 0.1) is 48.1 Å². The summed E-state index contributed by atoms with van der Waals surface area (Å²) in [6.07, 6.45) is -7.62. The smallest absolute Gasteiger partial charge is 0.416 e. The molecule has 5 rings (SSSR count). The summed E-state index contributed by atoms with van der Waals surface area (Å²) in [7, 11) is 0. The minimum atomic E-state index is -5.00. The number of aromatic nitrogens is 2. The third-order valence-corrected chi connectivity index (χ3v) is 6.97. The molecule has 14 heteroatoms. The first kappa shape index (κ1) is 28.5. The summed E-state index contributed by atoms with van der Waals surface area (Å²) >= 11 is 0. The highest BCUT2D eigenvalue weighted by atomic mass is 19.4. The second-order valence-corrected chi connectivity index (χ2v) is 9.72. The van der Waals surface area contributed by atoms with Gasteiger partial charge in [0.25, 0.3) is 0 Å². The van der Waals surface area contributed by atoms with Crippen molar-refractivity contribution < 1.29 is 41.0 Å². The number of anilines is 3. The largest absolute Gasteiger partial charge is 0.465 e. The topological polar surface area (TPSA) is 82.0 Å². The maximum atomic E-state index is 13.6. The first-order valence-corrected chi connectivity index (χ1v) is 12.7. The number of hydrogen-bond acceptors (Lipinski definition) is 6. The SMILES string of the molecule is O=C(O)N1CCc2cccc(CN(Cc3cc(C(F)(F)F)cc(C(F)(F)F)c3)c3ncc(N4CCOCC4)cn3)c21. The van der Waals surface area contributed by atoms with Crippen molar-refractivity contribution >= 4 is 23.4 Å². The van der Waals surface area contributed by atoms with Crippen molar-refractivity contribution in [2.24, 2.45) is 0 Å². The second-order valence-electron chi connectivity index (χ2n) is 9.72. The van der Waals surface area contributed by atoms with Crippen LogP contribution < -0.4 is 14.7 Å². The average molecular weight is 582 g/mol. The van der Waals surface area contributed by atoms with Crippen molar-refractivity contribution in [2.45, 2.75) is 31.9 Å². The van der Waals surface area contributed by atoms with Gasteiger partial charge < -0.3 is 19.6 Å². The van der Waals surface area contributed by atoms with Gasteiger partial charge in [-0.3, -0.25) is 4.90 Å². The number of rotatable bonds is 6. The molecule has 0 saturated carbocycles. The Labute approximate surface area is 230 Å². The van der Waals surface area contributed by atoms with E-state index < -0.39 is 36.1 Å². The molecule has 1 saturated heterocycles. The summed E-state index contributed by atoms with van der Waals surface area (Å²) in [6, 6.07) is 6.60. The van der Waals surface area contributed by atoms with E-state index in [1.54, 1.807) is 18.2 Å². The van der Waals surface area contributed by atoms with Gasteiger partial charge in [0.15, 0.2) is 0 Å². The summed E-state index contributed by atoms with van der Waals surface area (Å²) in [5, 5.41) is 9.70. The van der Waals surface area contributed by atoms with Crippen LogP contribution in [0.3, 0.4) is 0 Å². The van der Waals surface area contributed by atoms with E-state index in [4.69, 9.17) is 4.74 Å². The van der Waals surface area contributed by atoms with Crippen molar-refractivity contribution in [3.05, 3.63) is 76.6 Å². The highest BCUT2D eigenvalue weighted by Crippen LogP contribution is 2.38. The zero-order valence-electron chi connectivity index (χ0n) is 21.5. The molecule has 0 spiro atoms.